The highest BCUT2D eigenvalue weighted by Crippen LogP contribution is 2.22. The Bertz CT molecular complexity index is 154. The second kappa shape index (κ2) is 7.20. The van der Waals surface area contributed by atoms with E-state index in [-0.39, 0.29) is 12.0 Å². The van der Waals surface area contributed by atoms with Crippen molar-refractivity contribution >= 4 is 0 Å². The molecular weight excluding hydrogens is 190 g/mol. The van der Waals surface area contributed by atoms with Crippen LogP contribution in [-0.4, -0.2) is 37.5 Å². The number of methoxy groups -OCH3 is 1. The van der Waals surface area contributed by atoms with Crippen molar-refractivity contribution in [3.63, 3.8) is 0 Å². The minimum Gasteiger partial charge on any atom is -0.396 e. The average molecular weight is 217 g/mol. The van der Waals surface area contributed by atoms with Gasteiger partial charge in [0.15, 0.2) is 0 Å². The largest absolute Gasteiger partial charge is 0.396 e. The summed E-state index contributed by atoms with van der Waals surface area (Å²) in [6.07, 6.45) is 1.81. The zero-order valence-corrected chi connectivity index (χ0v) is 10.8. The Balaban J connectivity index is 4.04. The molecule has 0 rings (SSSR count). The Morgan fingerprint density at radius 2 is 1.87 bits per heavy atom. The first-order valence-electron chi connectivity index (χ1n) is 5.77. The molecule has 0 saturated heterocycles. The van der Waals surface area contributed by atoms with Gasteiger partial charge in [0.25, 0.3) is 0 Å². The van der Waals surface area contributed by atoms with Crippen molar-refractivity contribution in [2.45, 2.75) is 52.6 Å². The van der Waals surface area contributed by atoms with Crippen LogP contribution in [0.15, 0.2) is 0 Å². The lowest BCUT2D eigenvalue weighted by Crippen LogP contribution is -2.45. The second-order valence-corrected chi connectivity index (χ2v) is 5.28. The fourth-order valence-electron chi connectivity index (χ4n) is 1.62. The molecule has 0 saturated carbocycles. The van der Waals surface area contributed by atoms with Gasteiger partial charge in [-0.25, -0.2) is 0 Å². The smallest absolute Gasteiger partial charge is 0.0476 e. The molecule has 2 unspecified atom stereocenters. The van der Waals surface area contributed by atoms with E-state index in [9.17, 15) is 0 Å². The monoisotopic (exact) mass is 217 g/mol. The second-order valence-electron chi connectivity index (χ2n) is 5.28. The number of hydrogen-bond donors (Lipinski definition) is 2. The number of nitrogens with one attached hydrogen (secondary N) is 1. The first-order chi connectivity index (χ1) is 6.91. The predicted molar refractivity (Wildman–Crippen MR) is 64.0 cm³/mol. The Kier molecular flexibility index (Phi) is 7.14. The molecule has 3 nitrogen and oxygen atoms in total. The van der Waals surface area contributed by atoms with Crippen LogP contribution in [0.3, 0.4) is 0 Å². The number of hydrogen-bond acceptors (Lipinski definition) is 3. The lowest BCUT2D eigenvalue weighted by molar-refractivity contribution is 0.159. The van der Waals surface area contributed by atoms with Crippen LogP contribution in [0.1, 0.15) is 40.5 Å². The molecular formula is C12H27NO2. The van der Waals surface area contributed by atoms with Crippen LogP contribution >= 0.6 is 0 Å². The molecule has 3 heteroatoms. The molecule has 92 valence electrons. The van der Waals surface area contributed by atoms with Gasteiger partial charge in [0.2, 0.25) is 0 Å². The maximum Gasteiger partial charge on any atom is 0.0476 e. The Morgan fingerprint density at radius 3 is 2.27 bits per heavy atom. The Morgan fingerprint density at radius 1 is 1.27 bits per heavy atom. The lowest BCUT2D eigenvalue weighted by Gasteiger charge is -2.33. The molecule has 0 aromatic rings. The van der Waals surface area contributed by atoms with Gasteiger partial charge in [-0.3, -0.25) is 0 Å². The summed E-state index contributed by atoms with van der Waals surface area (Å²) >= 11 is 0. The number of aliphatic hydroxyl groups is 1. The van der Waals surface area contributed by atoms with E-state index in [4.69, 9.17) is 9.84 Å². The minimum atomic E-state index is 0.185. The van der Waals surface area contributed by atoms with Crippen molar-refractivity contribution in [1.82, 2.24) is 5.32 Å². The fraction of sp³-hybridized carbons (Fsp3) is 1.00. The summed E-state index contributed by atoms with van der Waals surface area (Å²) in [5, 5.41) is 12.6. The third-order valence-electron chi connectivity index (χ3n) is 2.70. The number of rotatable bonds is 7. The normalized spacial score (nSPS) is 16.4. The molecule has 15 heavy (non-hydrogen) atoms. The van der Waals surface area contributed by atoms with Gasteiger partial charge in [0, 0.05) is 32.4 Å². The van der Waals surface area contributed by atoms with Crippen molar-refractivity contribution in [2.75, 3.05) is 20.3 Å². The molecule has 0 spiro atoms. The highest BCUT2D eigenvalue weighted by molar-refractivity contribution is 4.82. The van der Waals surface area contributed by atoms with Crippen LogP contribution in [0, 0.1) is 5.41 Å². The van der Waals surface area contributed by atoms with E-state index in [0.717, 1.165) is 19.4 Å². The van der Waals surface area contributed by atoms with Gasteiger partial charge in [-0.15, -0.1) is 0 Å². The molecule has 0 aliphatic heterocycles. The minimum absolute atomic E-state index is 0.185. The molecule has 0 aliphatic carbocycles. The Labute approximate surface area is 94.2 Å². The summed E-state index contributed by atoms with van der Waals surface area (Å²) in [6, 6.07) is 0.787. The molecule has 0 aliphatic rings. The van der Waals surface area contributed by atoms with Crippen molar-refractivity contribution in [3.8, 4) is 0 Å². The van der Waals surface area contributed by atoms with E-state index in [0.29, 0.717) is 12.1 Å². The van der Waals surface area contributed by atoms with Crippen molar-refractivity contribution in [1.29, 1.82) is 0 Å². The Hall–Kier alpha value is -0.120. The molecule has 0 amide bonds. The van der Waals surface area contributed by atoms with Crippen LogP contribution in [0.4, 0.5) is 0 Å². The van der Waals surface area contributed by atoms with Crippen LogP contribution < -0.4 is 5.32 Å². The SMILES string of the molecule is COCCC(C)NC(CCO)C(C)(C)C. The van der Waals surface area contributed by atoms with Crippen LogP contribution in [-0.2, 0) is 4.74 Å². The molecule has 2 atom stereocenters. The maximum absolute atomic E-state index is 9.02. The third-order valence-corrected chi connectivity index (χ3v) is 2.70. The van der Waals surface area contributed by atoms with E-state index in [1.54, 1.807) is 7.11 Å². The molecule has 0 aromatic carbocycles. The summed E-state index contributed by atoms with van der Waals surface area (Å²) < 4.78 is 5.05. The summed E-state index contributed by atoms with van der Waals surface area (Å²) in [7, 11) is 1.72. The van der Waals surface area contributed by atoms with Gasteiger partial charge in [0.05, 0.1) is 0 Å². The molecule has 2 N–H and O–H groups in total. The van der Waals surface area contributed by atoms with Gasteiger partial charge in [-0.1, -0.05) is 20.8 Å². The predicted octanol–water partition coefficient (Wildman–Crippen LogP) is 1.80. The van der Waals surface area contributed by atoms with Crippen LogP contribution in [0.2, 0.25) is 0 Å². The molecule has 0 fully saturated rings. The zero-order chi connectivity index (χ0) is 11.9. The van der Waals surface area contributed by atoms with E-state index in [1.165, 1.54) is 0 Å². The van der Waals surface area contributed by atoms with Gasteiger partial charge >= 0.3 is 0 Å². The van der Waals surface area contributed by atoms with Crippen molar-refractivity contribution < 1.29 is 9.84 Å². The maximum atomic E-state index is 9.02. The van der Waals surface area contributed by atoms with Gasteiger partial charge in [0.1, 0.15) is 0 Å². The summed E-state index contributed by atoms with van der Waals surface area (Å²) in [5.41, 5.74) is 0.185. The van der Waals surface area contributed by atoms with Gasteiger partial charge < -0.3 is 15.2 Å². The van der Waals surface area contributed by atoms with Gasteiger partial charge in [-0.05, 0) is 25.2 Å². The molecule has 0 bridgehead atoms. The summed E-state index contributed by atoms with van der Waals surface area (Å²) in [6.45, 7) is 9.78. The van der Waals surface area contributed by atoms with E-state index >= 15 is 0 Å². The first-order valence-corrected chi connectivity index (χ1v) is 5.77. The van der Waals surface area contributed by atoms with Crippen LogP contribution in [0.25, 0.3) is 0 Å². The summed E-state index contributed by atoms with van der Waals surface area (Å²) in [4.78, 5) is 0. The quantitative estimate of drug-likeness (QED) is 0.683. The van der Waals surface area contributed by atoms with Crippen molar-refractivity contribution in [3.05, 3.63) is 0 Å². The standard InChI is InChI=1S/C12H27NO2/c1-10(7-9-15-5)13-11(6-8-14)12(2,3)4/h10-11,13-14H,6-9H2,1-5H3. The van der Waals surface area contributed by atoms with E-state index in [1.807, 2.05) is 0 Å². The highest BCUT2D eigenvalue weighted by atomic mass is 16.5. The number of ether oxygens (including phenoxy) is 1. The molecule has 0 heterocycles. The fourth-order valence-corrected chi connectivity index (χ4v) is 1.62. The van der Waals surface area contributed by atoms with Crippen LogP contribution in [0.5, 0.6) is 0 Å². The average Bonchev–Trinajstić information content (AvgIpc) is 2.12. The number of aliphatic hydroxyl groups excluding tert-OH is 1. The molecule has 0 aromatic heterocycles. The van der Waals surface area contributed by atoms with E-state index < -0.39 is 0 Å². The third kappa shape index (κ3) is 6.88. The lowest BCUT2D eigenvalue weighted by atomic mass is 9.84. The first kappa shape index (κ1) is 14.9. The highest BCUT2D eigenvalue weighted by Gasteiger charge is 2.24. The summed E-state index contributed by atoms with van der Waals surface area (Å²) in [5.74, 6) is 0. The zero-order valence-electron chi connectivity index (χ0n) is 10.8. The topological polar surface area (TPSA) is 41.5 Å². The van der Waals surface area contributed by atoms with Gasteiger partial charge in [-0.2, -0.15) is 0 Å². The van der Waals surface area contributed by atoms with Crippen molar-refractivity contribution in [2.24, 2.45) is 5.41 Å². The molecule has 0 radical (unpaired) electrons. The van der Waals surface area contributed by atoms with E-state index in [2.05, 4.69) is 33.0 Å².